The first-order valence-electron chi connectivity index (χ1n) is 10.4. The Morgan fingerprint density at radius 3 is 2.45 bits per heavy atom. The maximum atomic E-state index is 12.8. The summed E-state index contributed by atoms with van der Waals surface area (Å²) in [6.07, 6.45) is 2.28. The Morgan fingerprint density at radius 1 is 1.03 bits per heavy atom. The minimum Gasteiger partial charge on any atom is -0.368 e. The van der Waals surface area contributed by atoms with E-state index in [-0.39, 0.29) is 23.6 Å². The van der Waals surface area contributed by atoms with Gasteiger partial charge in [0, 0.05) is 24.3 Å². The Hall–Kier alpha value is -2.91. The molecular weight excluding hydrogens is 416 g/mol. The molecular formula is C22H26N4O4S. The van der Waals surface area contributed by atoms with Crippen molar-refractivity contribution >= 4 is 33.2 Å². The number of carbonyl (C=O) groups is 2. The molecule has 2 saturated heterocycles. The van der Waals surface area contributed by atoms with Gasteiger partial charge in [-0.05, 0) is 61.7 Å². The number of primary amides is 1. The van der Waals surface area contributed by atoms with Crippen LogP contribution >= 0.6 is 0 Å². The van der Waals surface area contributed by atoms with Crippen LogP contribution in [-0.2, 0) is 21.4 Å². The number of para-hydroxylation sites is 1. The number of amides is 2. The van der Waals surface area contributed by atoms with Crippen LogP contribution in [0.5, 0.6) is 0 Å². The third-order valence-corrected chi connectivity index (χ3v) is 7.72. The summed E-state index contributed by atoms with van der Waals surface area (Å²) in [6.45, 7) is 1.77. The van der Waals surface area contributed by atoms with Crippen LogP contribution in [0.2, 0.25) is 0 Å². The zero-order valence-electron chi connectivity index (χ0n) is 17.2. The molecule has 2 aromatic rings. The van der Waals surface area contributed by atoms with Crippen LogP contribution in [0.3, 0.4) is 0 Å². The Bertz CT molecular complexity index is 1080. The van der Waals surface area contributed by atoms with E-state index in [1.807, 2.05) is 29.2 Å². The number of nitrogens with one attached hydrogen (secondary N) is 1. The lowest BCUT2D eigenvalue weighted by Gasteiger charge is -2.23. The number of carbonyl (C=O) groups excluding carboxylic acids is 2. The van der Waals surface area contributed by atoms with E-state index < -0.39 is 10.0 Å². The summed E-state index contributed by atoms with van der Waals surface area (Å²) in [5.74, 6) is -0.449. The van der Waals surface area contributed by atoms with Gasteiger partial charge in [0.1, 0.15) is 0 Å². The lowest BCUT2D eigenvalue weighted by Crippen LogP contribution is -2.39. The maximum absolute atomic E-state index is 12.8. The van der Waals surface area contributed by atoms with Crippen molar-refractivity contribution in [2.45, 2.75) is 31.8 Å². The predicted octanol–water partition coefficient (Wildman–Crippen LogP) is 1.93. The number of nitrogens with zero attached hydrogens (tertiary/aromatic N) is 2. The first-order chi connectivity index (χ1) is 14.8. The second kappa shape index (κ2) is 8.68. The molecule has 0 bridgehead atoms. The molecule has 2 amide bonds. The quantitative estimate of drug-likeness (QED) is 0.710. The fourth-order valence-corrected chi connectivity index (χ4v) is 5.80. The highest BCUT2D eigenvalue weighted by Crippen LogP contribution is 2.26. The molecule has 164 valence electrons. The number of nitrogens with two attached hydrogens (primary N) is 1. The fraction of sp³-hybridized carbons (Fsp3) is 0.364. The highest BCUT2D eigenvalue weighted by molar-refractivity contribution is 7.93. The molecule has 0 aromatic heterocycles. The Kier molecular flexibility index (Phi) is 5.97. The van der Waals surface area contributed by atoms with E-state index in [4.69, 9.17) is 5.73 Å². The molecule has 1 atom stereocenters. The van der Waals surface area contributed by atoms with Crippen molar-refractivity contribution in [3.05, 3.63) is 59.7 Å². The monoisotopic (exact) mass is 442 g/mol. The van der Waals surface area contributed by atoms with E-state index in [1.165, 1.54) is 4.31 Å². The molecule has 1 unspecified atom stereocenters. The highest BCUT2D eigenvalue weighted by Gasteiger charge is 2.30. The summed E-state index contributed by atoms with van der Waals surface area (Å²) in [4.78, 5) is 26.5. The van der Waals surface area contributed by atoms with Gasteiger partial charge >= 0.3 is 0 Å². The van der Waals surface area contributed by atoms with Crippen LogP contribution in [0.15, 0.2) is 48.5 Å². The molecule has 8 nitrogen and oxygen atoms in total. The number of anilines is 2. The molecule has 9 heteroatoms. The van der Waals surface area contributed by atoms with Gasteiger partial charge in [-0.15, -0.1) is 0 Å². The van der Waals surface area contributed by atoms with Crippen molar-refractivity contribution in [3.8, 4) is 0 Å². The summed E-state index contributed by atoms with van der Waals surface area (Å²) in [7, 11) is -3.25. The maximum Gasteiger partial charge on any atom is 0.255 e. The van der Waals surface area contributed by atoms with Gasteiger partial charge in [0.2, 0.25) is 15.9 Å². The molecule has 2 aromatic carbocycles. The van der Waals surface area contributed by atoms with Gasteiger partial charge in [0.15, 0.2) is 0 Å². The molecule has 0 radical (unpaired) electrons. The number of likely N-dealkylation sites (tertiary alicyclic amines) is 1. The van der Waals surface area contributed by atoms with Gasteiger partial charge in [-0.3, -0.25) is 18.8 Å². The summed E-state index contributed by atoms with van der Waals surface area (Å²) in [6, 6.07) is 13.8. The fourth-order valence-electron chi connectivity index (χ4n) is 4.24. The van der Waals surface area contributed by atoms with Crippen LogP contribution in [0, 0.1) is 0 Å². The van der Waals surface area contributed by atoms with Crippen molar-refractivity contribution in [2.24, 2.45) is 5.73 Å². The van der Waals surface area contributed by atoms with E-state index >= 15 is 0 Å². The van der Waals surface area contributed by atoms with Gasteiger partial charge in [0.05, 0.1) is 17.5 Å². The Balaban J connectivity index is 1.47. The SMILES string of the molecule is NC(=O)C1CCCN1Cc1ccccc1NC(=O)c1ccc(N2CCCS2(=O)=O)cc1. The van der Waals surface area contributed by atoms with Crippen LogP contribution in [-0.4, -0.2) is 50.0 Å². The van der Waals surface area contributed by atoms with E-state index in [0.717, 1.165) is 24.9 Å². The van der Waals surface area contributed by atoms with Crippen LogP contribution in [0.1, 0.15) is 35.2 Å². The molecule has 0 aliphatic carbocycles. The molecule has 4 rings (SSSR count). The van der Waals surface area contributed by atoms with Crippen molar-refractivity contribution in [1.82, 2.24) is 4.90 Å². The highest BCUT2D eigenvalue weighted by atomic mass is 32.2. The summed E-state index contributed by atoms with van der Waals surface area (Å²) < 4.78 is 25.5. The number of hydrogen-bond acceptors (Lipinski definition) is 5. The van der Waals surface area contributed by atoms with E-state index in [2.05, 4.69) is 5.32 Å². The summed E-state index contributed by atoms with van der Waals surface area (Å²) >= 11 is 0. The second-order valence-electron chi connectivity index (χ2n) is 7.93. The van der Waals surface area contributed by atoms with Gasteiger partial charge in [-0.1, -0.05) is 18.2 Å². The predicted molar refractivity (Wildman–Crippen MR) is 119 cm³/mol. The molecule has 2 fully saturated rings. The Labute approximate surface area is 182 Å². The smallest absolute Gasteiger partial charge is 0.255 e. The van der Waals surface area contributed by atoms with Crippen molar-refractivity contribution in [1.29, 1.82) is 0 Å². The van der Waals surface area contributed by atoms with Crippen molar-refractivity contribution in [2.75, 3.05) is 28.5 Å². The number of hydrogen-bond donors (Lipinski definition) is 2. The molecule has 3 N–H and O–H groups in total. The van der Waals surface area contributed by atoms with Gasteiger partial charge in [-0.2, -0.15) is 0 Å². The zero-order valence-corrected chi connectivity index (χ0v) is 18.0. The van der Waals surface area contributed by atoms with Gasteiger partial charge in [-0.25, -0.2) is 8.42 Å². The average molecular weight is 443 g/mol. The lowest BCUT2D eigenvalue weighted by molar-refractivity contribution is -0.122. The summed E-state index contributed by atoms with van der Waals surface area (Å²) in [5.41, 5.74) is 8.11. The molecule has 2 aliphatic rings. The van der Waals surface area contributed by atoms with Crippen LogP contribution in [0.25, 0.3) is 0 Å². The normalized spacial score (nSPS) is 20.6. The molecule has 2 aliphatic heterocycles. The standard InChI is InChI=1S/C22H26N4O4S/c23-21(27)20-7-3-12-25(20)15-17-5-1-2-6-19(17)24-22(28)16-8-10-18(11-9-16)26-13-4-14-31(26,29)30/h1-2,5-6,8-11,20H,3-4,7,12-15H2,(H2,23,27)(H,24,28). The van der Waals surface area contributed by atoms with E-state index in [1.54, 1.807) is 24.3 Å². The first-order valence-corrected chi connectivity index (χ1v) is 12.0. The molecule has 0 saturated carbocycles. The first kappa shape index (κ1) is 21.3. The third kappa shape index (κ3) is 4.57. The minimum atomic E-state index is -3.25. The third-order valence-electron chi connectivity index (χ3n) is 5.85. The zero-order chi connectivity index (χ0) is 22.0. The summed E-state index contributed by atoms with van der Waals surface area (Å²) in [5, 5.41) is 2.94. The largest absolute Gasteiger partial charge is 0.368 e. The van der Waals surface area contributed by atoms with Crippen LogP contribution in [0.4, 0.5) is 11.4 Å². The lowest BCUT2D eigenvalue weighted by atomic mass is 10.1. The van der Waals surface area contributed by atoms with Crippen molar-refractivity contribution < 1.29 is 18.0 Å². The average Bonchev–Trinajstić information content (AvgIpc) is 3.35. The number of rotatable bonds is 6. The second-order valence-corrected chi connectivity index (χ2v) is 9.94. The Morgan fingerprint density at radius 2 is 1.77 bits per heavy atom. The number of sulfonamides is 1. The van der Waals surface area contributed by atoms with Crippen molar-refractivity contribution in [3.63, 3.8) is 0 Å². The molecule has 31 heavy (non-hydrogen) atoms. The van der Waals surface area contributed by atoms with Gasteiger partial charge < -0.3 is 11.1 Å². The van der Waals surface area contributed by atoms with E-state index in [9.17, 15) is 18.0 Å². The van der Waals surface area contributed by atoms with Gasteiger partial charge in [0.25, 0.3) is 5.91 Å². The molecule has 0 spiro atoms. The van der Waals surface area contributed by atoms with E-state index in [0.29, 0.717) is 36.4 Å². The van der Waals surface area contributed by atoms with Crippen LogP contribution < -0.4 is 15.4 Å². The minimum absolute atomic E-state index is 0.152. The topological polar surface area (TPSA) is 113 Å². The number of benzene rings is 2. The molecule has 2 heterocycles.